The summed E-state index contributed by atoms with van der Waals surface area (Å²) in [5.74, 6) is 0.796. The molecule has 1 unspecified atom stereocenters. The highest BCUT2D eigenvalue weighted by Crippen LogP contribution is 2.31. The number of rotatable bonds is 2. The van der Waals surface area contributed by atoms with Crippen molar-refractivity contribution in [2.45, 2.75) is 18.8 Å². The van der Waals surface area contributed by atoms with Crippen LogP contribution in [0.25, 0.3) is 11.1 Å². The van der Waals surface area contributed by atoms with E-state index in [2.05, 4.69) is 9.97 Å². The number of piperidine rings is 1. The molecule has 1 atom stereocenters. The number of aromatic nitrogens is 2. The van der Waals surface area contributed by atoms with Crippen molar-refractivity contribution in [3.63, 3.8) is 0 Å². The summed E-state index contributed by atoms with van der Waals surface area (Å²) in [5.41, 5.74) is 1.64. The van der Waals surface area contributed by atoms with Gasteiger partial charge in [-0.1, -0.05) is 23.7 Å². The minimum absolute atomic E-state index is 0.132. The van der Waals surface area contributed by atoms with Gasteiger partial charge in [0.2, 0.25) is 0 Å². The zero-order valence-electron chi connectivity index (χ0n) is 12.4. The molecule has 118 valence electrons. The highest BCUT2D eigenvalue weighted by Gasteiger charge is 2.27. The zero-order chi connectivity index (χ0) is 15.8. The number of oxazole rings is 1. The van der Waals surface area contributed by atoms with Crippen LogP contribution in [0.15, 0.2) is 40.9 Å². The minimum atomic E-state index is -0.393. The average molecular weight is 332 g/mol. The Morgan fingerprint density at radius 3 is 3.00 bits per heavy atom. The first-order valence-corrected chi connectivity index (χ1v) is 8.00. The summed E-state index contributed by atoms with van der Waals surface area (Å²) >= 11 is 5.78. The Bertz CT molecular complexity index is 818. The van der Waals surface area contributed by atoms with E-state index in [4.69, 9.17) is 16.0 Å². The van der Waals surface area contributed by atoms with E-state index in [0.717, 1.165) is 30.5 Å². The highest BCUT2D eigenvalue weighted by molar-refractivity contribution is 6.30. The Kier molecular flexibility index (Phi) is 3.65. The molecule has 3 aromatic rings. The van der Waals surface area contributed by atoms with E-state index in [-0.39, 0.29) is 5.92 Å². The summed E-state index contributed by atoms with van der Waals surface area (Å²) in [6.07, 6.45) is 3.38. The summed E-state index contributed by atoms with van der Waals surface area (Å²) in [7, 11) is 0. The number of nitrogens with zero attached hydrogens (tertiary/aromatic N) is 3. The van der Waals surface area contributed by atoms with Gasteiger partial charge in [-0.3, -0.25) is 0 Å². The maximum absolute atomic E-state index is 14.1. The van der Waals surface area contributed by atoms with Gasteiger partial charge >= 0.3 is 0 Å². The van der Waals surface area contributed by atoms with Gasteiger partial charge in [-0.15, -0.1) is 0 Å². The quantitative estimate of drug-likeness (QED) is 0.698. The standard InChI is InChI=1S/C17H15ClFN3O/c18-12-8-13(19)16(20-9-12)22-7-3-4-11(10-22)17-21-14-5-1-2-6-15(14)23-17/h1-2,5-6,8-9,11H,3-4,7,10H2. The van der Waals surface area contributed by atoms with E-state index >= 15 is 0 Å². The lowest BCUT2D eigenvalue weighted by atomic mass is 9.98. The summed E-state index contributed by atoms with van der Waals surface area (Å²) in [5, 5.41) is 0.304. The fourth-order valence-electron chi connectivity index (χ4n) is 3.08. The van der Waals surface area contributed by atoms with Crippen LogP contribution in [-0.2, 0) is 0 Å². The molecule has 1 saturated heterocycles. The van der Waals surface area contributed by atoms with Crippen molar-refractivity contribution in [1.29, 1.82) is 0 Å². The van der Waals surface area contributed by atoms with Crippen LogP contribution in [0.1, 0.15) is 24.7 Å². The fraction of sp³-hybridized carbons (Fsp3) is 0.294. The van der Waals surface area contributed by atoms with Crippen molar-refractivity contribution in [2.24, 2.45) is 0 Å². The smallest absolute Gasteiger partial charge is 0.200 e. The van der Waals surface area contributed by atoms with Gasteiger partial charge in [0.25, 0.3) is 0 Å². The topological polar surface area (TPSA) is 42.2 Å². The van der Waals surface area contributed by atoms with E-state index in [9.17, 15) is 4.39 Å². The van der Waals surface area contributed by atoms with Crippen molar-refractivity contribution in [2.75, 3.05) is 18.0 Å². The highest BCUT2D eigenvalue weighted by atomic mass is 35.5. The minimum Gasteiger partial charge on any atom is -0.440 e. The summed E-state index contributed by atoms with van der Waals surface area (Å²) in [4.78, 5) is 10.7. The van der Waals surface area contributed by atoms with Gasteiger partial charge < -0.3 is 9.32 Å². The molecule has 0 N–H and O–H groups in total. The Balaban J connectivity index is 1.61. The van der Waals surface area contributed by atoms with Crippen LogP contribution >= 0.6 is 11.6 Å². The molecule has 3 heterocycles. The summed E-state index contributed by atoms with van der Waals surface area (Å²) in [6.45, 7) is 1.40. The molecule has 1 fully saturated rings. The van der Waals surface area contributed by atoms with E-state index in [0.29, 0.717) is 23.3 Å². The molecule has 2 aromatic heterocycles. The normalized spacial score (nSPS) is 18.5. The van der Waals surface area contributed by atoms with E-state index < -0.39 is 5.82 Å². The number of halogens is 2. The average Bonchev–Trinajstić information content (AvgIpc) is 2.99. The number of para-hydroxylation sites is 2. The molecule has 0 aliphatic carbocycles. The van der Waals surface area contributed by atoms with Crippen LogP contribution in [0.4, 0.5) is 10.2 Å². The third kappa shape index (κ3) is 2.77. The molecule has 0 radical (unpaired) electrons. The Morgan fingerprint density at radius 2 is 2.17 bits per heavy atom. The number of hydrogen-bond donors (Lipinski definition) is 0. The lowest BCUT2D eigenvalue weighted by Crippen LogP contribution is -2.35. The number of pyridine rings is 1. The number of anilines is 1. The molecule has 1 aliphatic heterocycles. The van der Waals surface area contributed by atoms with E-state index in [1.165, 1.54) is 12.3 Å². The van der Waals surface area contributed by atoms with Crippen LogP contribution in [0, 0.1) is 5.82 Å². The maximum Gasteiger partial charge on any atom is 0.200 e. The van der Waals surface area contributed by atoms with E-state index in [1.54, 1.807) is 0 Å². The van der Waals surface area contributed by atoms with Crippen LogP contribution in [0.3, 0.4) is 0 Å². The zero-order valence-corrected chi connectivity index (χ0v) is 13.1. The molecular weight excluding hydrogens is 317 g/mol. The van der Waals surface area contributed by atoms with Gasteiger partial charge in [0.1, 0.15) is 5.52 Å². The predicted octanol–water partition coefficient (Wildman–Crippen LogP) is 4.40. The van der Waals surface area contributed by atoms with Crippen molar-refractivity contribution in [3.05, 3.63) is 53.3 Å². The molecule has 6 heteroatoms. The van der Waals surface area contributed by atoms with Crippen LogP contribution in [0.2, 0.25) is 5.02 Å². The fourth-order valence-corrected chi connectivity index (χ4v) is 3.22. The third-order valence-electron chi connectivity index (χ3n) is 4.17. The second-order valence-corrected chi connectivity index (χ2v) is 6.20. The Hall–Kier alpha value is -2.14. The van der Waals surface area contributed by atoms with Gasteiger partial charge in [0.15, 0.2) is 23.1 Å². The molecule has 1 aliphatic rings. The van der Waals surface area contributed by atoms with Gasteiger partial charge in [-0.05, 0) is 31.0 Å². The van der Waals surface area contributed by atoms with Crippen molar-refractivity contribution < 1.29 is 8.81 Å². The maximum atomic E-state index is 14.1. The second kappa shape index (κ2) is 5.81. The third-order valence-corrected chi connectivity index (χ3v) is 4.38. The van der Waals surface area contributed by atoms with Gasteiger partial charge in [0.05, 0.1) is 10.9 Å². The Labute approximate surface area is 137 Å². The second-order valence-electron chi connectivity index (χ2n) is 5.76. The molecule has 4 nitrogen and oxygen atoms in total. The van der Waals surface area contributed by atoms with Crippen molar-refractivity contribution in [1.82, 2.24) is 9.97 Å². The molecule has 0 saturated carbocycles. The number of hydrogen-bond acceptors (Lipinski definition) is 4. The van der Waals surface area contributed by atoms with Crippen LogP contribution < -0.4 is 4.90 Å². The monoisotopic (exact) mass is 331 g/mol. The number of benzene rings is 1. The first-order chi connectivity index (χ1) is 11.2. The summed E-state index contributed by atoms with van der Waals surface area (Å²) in [6, 6.07) is 9.01. The lowest BCUT2D eigenvalue weighted by Gasteiger charge is -2.32. The van der Waals surface area contributed by atoms with Gasteiger partial charge in [0, 0.05) is 19.3 Å². The molecule has 0 amide bonds. The molecule has 0 bridgehead atoms. The van der Waals surface area contributed by atoms with Crippen LogP contribution in [0.5, 0.6) is 0 Å². The summed E-state index contributed by atoms with van der Waals surface area (Å²) < 4.78 is 20.0. The first-order valence-electron chi connectivity index (χ1n) is 7.62. The first kappa shape index (κ1) is 14.5. The van der Waals surface area contributed by atoms with Crippen molar-refractivity contribution >= 4 is 28.5 Å². The largest absolute Gasteiger partial charge is 0.440 e. The van der Waals surface area contributed by atoms with Crippen LogP contribution in [-0.4, -0.2) is 23.1 Å². The van der Waals surface area contributed by atoms with Gasteiger partial charge in [-0.25, -0.2) is 14.4 Å². The molecule has 4 rings (SSSR count). The molecule has 1 aromatic carbocycles. The number of fused-ring (bicyclic) bond motifs is 1. The Morgan fingerprint density at radius 1 is 1.30 bits per heavy atom. The van der Waals surface area contributed by atoms with Gasteiger partial charge in [-0.2, -0.15) is 0 Å². The SMILES string of the molecule is Fc1cc(Cl)cnc1N1CCCC(c2nc3ccccc3o2)C1. The lowest BCUT2D eigenvalue weighted by molar-refractivity contribution is 0.410. The molecule has 0 spiro atoms. The predicted molar refractivity (Wildman–Crippen MR) is 87.4 cm³/mol. The molecular formula is C17H15ClFN3O. The van der Waals surface area contributed by atoms with E-state index in [1.807, 2.05) is 29.2 Å². The molecule has 23 heavy (non-hydrogen) atoms. The van der Waals surface area contributed by atoms with Crippen molar-refractivity contribution in [3.8, 4) is 0 Å².